The zero-order valence-electron chi connectivity index (χ0n) is 24.0. The van der Waals surface area contributed by atoms with Crippen LogP contribution in [0.5, 0.6) is 0 Å². The van der Waals surface area contributed by atoms with Crippen LogP contribution in [0.2, 0.25) is 0 Å². The number of fused-ring (bicyclic) bond motifs is 1. The van der Waals surface area contributed by atoms with Gasteiger partial charge in [-0.3, -0.25) is 19.8 Å². The number of nitrogens with zero attached hydrogens (tertiary/aromatic N) is 2. The summed E-state index contributed by atoms with van der Waals surface area (Å²) in [6, 6.07) is 6.40. The molecule has 0 aliphatic carbocycles. The van der Waals surface area contributed by atoms with Gasteiger partial charge in [-0.1, -0.05) is 45.8 Å². The largest absolute Gasteiger partial charge is 0.359 e. The van der Waals surface area contributed by atoms with E-state index in [1.54, 1.807) is 30.3 Å². The summed E-state index contributed by atoms with van der Waals surface area (Å²) in [5.74, 6) is 0.623. The first-order chi connectivity index (χ1) is 18.9. The Balaban J connectivity index is 1.48. The first-order valence-electron chi connectivity index (χ1n) is 13.3. The van der Waals surface area contributed by atoms with Gasteiger partial charge in [-0.25, -0.2) is 4.79 Å². The van der Waals surface area contributed by atoms with Crippen molar-refractivity contribution in [3.05, 3.63) is 52.5 Å². The Hall–Kier alpha value is -4.38. The summed E-state index contributed by atoms with van der Waals surface area (Å²) in [5.41, 5.74) is 5.15. The fourth-order valence-electron chi connectivity index (χ4n) is 4.46. The van der Waals surface area contributed by atoms with Gasteiger partial charge in [0.1, 0.15) is 5.76 Å². The minimum absolute atomic E-state index is 0.0840. The van der Waals surface area contributed by atoms with Gasteiger partial charge in [0.05, 0.1) is 23.5 Å². The standard InChI is InChI=1S/C29H37N7O4/c1-8-36(9-2)15-25(37)34-26-16(3)21(30-17(26)4)13-20-19-11-10-18(12-22(19)32-27(20)38)31-28(39)33-24-14-23(40-35-24)29(5,6)7/h10-14,30H,8-9,15H2,1-7H3,(H,32,38)(H,34,37)(H2,31,33,35,39). The second-order valence-electron chi connectivity index (χ2n) is 10.9. The van der Waals surface area contributed by atoms with E-state index in [0.29, 0.717) is 40.6 Å². The van der Waals surface area contributed by atoms with E-state index in [0.717, 1.165) is 35.7 Å². The van der Waals surface area contributed by atoms with Crippen molar-refractivity contribution in [2.75, 3.05) is 40.9 Å². The second kappa shape index (κ2) is 11.4. The summed E-state index contributed by atoms with van der Waals surface area (Å²) in [6.07, 6.45) is 1.78. The van der Waals surface area contributed by atoms with E-state index in [4.69, 9.17) is 4.52 Å². The first-order valence-corrected chi connectivity index (χ1v) is 13.3. The number of hydrogen-bond donors (Lipinski definition) is 5. The lowest BCUT2D eigenvalue weighted by atomic mass is 9.93. The van der Waals surface area contributed by atoms with Crippen molar-refractivity contribution in [3.8, 4) is 0 Å². The van der Waals surface area contributed by atoms with Gasteiger partial charge in [0, 0.05) is 34.1 Å². The molecule has 0 radical (unpaired) electrons. The number of H-pyrrole nitrogens is 1. The number of carbonyl (C=O) groups excluding carboxylic acids is 3. The molecular formula is C29H37N7O4. The highest BCUT2D eigenvalue weighted by atomic mass is 16.5. The molecule has 11 heteroatoms. The maximum atomic E-state index is 12.9. The molecule has 3 aromatic rings. The van der Waals surface area contributed by atoms with E-state index in [2.05, 4.69) is 31.4 Å². The first kappa shape index (κ1) is 28.6. The van der Waals surface area contributed by atoms with Crippen LogP contribution in [0.4, 0.5) is 27.7 Å². The van der Waals surface area contributed by atoms with Crippen LogP contribution in [0.25, 0.3) is 11.6 Å². The number of rotatable bonds is 8. The Bertz CT molecular complexity index is 1470. The molecule has 0 saturated heterocycles. The van der Waals surface area contributed by atoms with E-state index in [1.807, 2.05) is 53.4 Å². The lowest BCUT2D eigenvalue weighted by molar-refractivity contribution is -0.117. The van der Waals surface area contributed by atoms with E-state index in [1.165, 1.54) is 0 Å². The van der Waals surface area contributed by atoms with E-state index >= 15 is 0 Å². The number of carbonyl (C=O) groups is 3. The second-order valence-corrected chi connectivity index (χ2v) is 10.9. The van der Waals surface area contributed by atoms with Crippen molar-refractivity contribution in [3.63, 3.8) is 0 Å². The molecule has 4 amide bonds. The minimum Gasteiger partial charge on any atom is -0.359 e. The molecule has 2 aromatic heterocycles. The van der Waals surface area contributed by atoms with Crippen LogP contribution >= 0.6 is 0 Å². The van der Waals surface area contributed by atoms with Gasteiger partial charge in [-0.05, 0) is 50.7 Å². The molecule has 1 aromatic carbocycles. The Kier molecular flexibility index (Phi) is 8.15. The summed E-state index contributed by atoms with van der Waals surface area (Å²) < 4.78 is 5.30. The molecule has 11 nitrogen and oxygen atoms in total. The molecule has 0 unspecified atom stereocenters. The van der Waals surface area contributed by atoms with E-state index in [9.17, 15) is 14.4 Å². The maximum Gasteiger partial charge on any atom is 0.324 e. The van der Waals surface area contributed by atoms with Gasteiger partial charge in [-0.2, -0.15) is 0 Å². The van der Waals surface area contributed by atoms with Gasteiger partial charge in [0.15, 0.2) is 5.82 Å². The zero-order chi connectivity index (χ0) is 29.2. The van der Waals surface area contributed by atoms with Gasteiger partial charge in [0.25, 0.3) is 5.91 Å². The molecule has 4 rings (SSSR count). The number of amides is 4. The Labute approximate surface area is 233 Å². The number of benzene rings is 1. The van der Waals surface area contributed by atoms with Crippen LogP contribution in [0.3, 0.4) is 0 Å². The van der Waals surface area contributed by atoms with Crippen LogP contribution in [-0.2, 0) is 15.0 Å². The maximum absolute atomic E-state index is 12.9. The third kappa shape index (κ3) is 6.26. The predicted molar refractivity (Wildman–Crippen MR) is 157 cm³/mol. The molecule has 212 valence electrons. The number of urea groups is 1. The lowest BCUT2D eigenvalue weighted by Crippen LogP contribution is -2.33. The third-order valence-electron chi connectivity index (χ3n) is 6.84. The number of likely N-dealkylation sites (N-methyl/N-ethyl adjacent to an activating group) is 1. The molecule has 3 heterocycles. The average Bonchev–Trinajstić information content (AvgIpc) is 3.55. The van der Waals surface area contributed by atoms with Crippen molar-refractivity contribution in [1.29, 1.82) is 0 Å². The molecular weight excluding hydrogens is 510 g/mol. The van der Waals surface area contributed by atoms with Crippen LogP contribution in [-0.4, -0.2) is 52.5 Å². The Morgan fingerprint density at radius 1 is 1.07 bits per heavy atom. The van der Waals surface area contributed by atoms with E-state index < -0.39 is 6.03 Å². The number of aromatic nitrogens is 2. The highest BCUT2D eigenvalue weighted by molar-refractivity contribution is 6.35. The van der Waals surface area contributed by atoms with Crippen molar-refractivity contribution in [2.45, 2.75) is 53.9 Å². The quantitative estimate of drug-likeness (QED) is 0.241. The number of aromatic amines is 1. The third-order valence-corrected chi connectivity index (χ3v) is 6.84. The number of hydrogen-bond acceptors (Lipinski definition) is 6. The fourth-order valence-corrected chi connectivity index (χ4v) is 4.46. The molecule has 1 aliphatic rings. The van der Waals surface area contributed by atoms with Gasteiger partial charge >= 0.3 is 6.03 Å². The van der Waals surface area contributed by atoms with Crippen LogP contribution in [0.1, 0.15) is 62.9 Å². The molecule has 40 heavy (non-hydrogen) atoms. The molecule has 5 N–H and O–H groups in total. The van der Waals surface area contributed by atoms with Crippen molar-refractivity contribution in [1.82, 2.24) is 15.0 Å². The number of anilines is 4. The molecule has 0 atom stereocenters. The molecule has 0 fully saturated rings. The molecule has 0 saturated carbocycles. The smallest absolute Gasteiger partial charge is 0.324 e. The predicted octanol–water partition coefficient (Wildman–Crippen LogP) is 5.33. The fraction of sp³-hybridized carbons (Fsp3) is 0.379. The average molecular weight is 548 g/mol. The van der Waals surface area contributed by atoms with Crippen LogP contribution in [0, 0.1) is 13.8 Å². The summed E-state index contributed by atoms with van der Waals surface area (Å²) in [5, 5.41) is 15.2. The van der Waals surface area contributed by atoms with Gasteiger partial charge in [-0.15, -0.1) is 0 Å². The Morgan fingerprint density at radius 3 is 2.45 bits per heavy atom. The monoisotopic (exact) mass is 547 g/mol. The summed E-state index contributed by atoms with van der Waals surface area (Å²) in [7, 11) is 0. The Morgan fingerprint density at radius 2 is 1.80 bits per heavy atom. The molecule has 1 aliphatic heterocycles. The normalized spacial score (nSPS) is 13.9. The van der Waals surface area contributed by atoms with Crippen molar-refractivity contribution < 1.29 is 18.9 Å². The van der Waals surface area contributed by atoms with Crippen molar-refractivity contribution >= 4 is 52.4 Å². The number of nitrogens with one attached hydrogen (secondary N) is 5. The topological polar surface area (TPSA) is 144 Å². The van der Waals surface area contributed by atoms with Crippen LogP contribution in [0.15, 0.2) is 28.8 Å². The summed E-state index contributed by atoms with van der Waals surface area (Å²) >= 11 is 0. The minimum atomic E-state index is -0.484. The summed E-state index contributed by atoms with van der Waals surface area (Å²) in [6.45, 7) is 15.7. The molecule has 0 bridgehead atoms. The summed E-state index contributed by atoms with van der Waals surface area (Å²) in [4.78, 5) is 43.3. The number of aryl methyl sites for hydroxylation is 1. The van der Waals surface area contributed by atoms with Gasteiger partial charge < -0.3 is 25.5 Å². The SMILES string of the molecule is CCN(CC)CC(=O)Nc1c(C)[nH]c(C=C2C(=O)Nc3cc(NC(=O)Nc4cc(C(C)(C)C)on4)ccc32)c1C. The van der Waals surface area contributed by atoms with Crippen molar-refractivity contribution in [2.24, 2.45) is 0 Å². The van der Waals surface area contributed by atoms with Crippen LogP contribution < -0.4 is 21.3 Å². The zero-order valence-corrected chi connectivity index (χ0v) is 24.0. The molecule has 0 spiro atoms. The highest BCUT2D eigenvalue weighted by Gasteiger charge is 2.26. The van der Waals surface area contributed by atoms with Gasteiger partial charge in [0.2, 0.25) is 5.91 Å². The van der Waals surface area contributed by atoms with E-state index in [-0.39, 0.29) is 17.2 Å². The lowest BCUT2D eigenvalue weighted by Gasteiger charge is -2.17. The highest BCUT2D eigenvalue weighted by Crippen LogP contribution is 2.36.